The summed E-state index contributed by atoms with van der Waals surface area (Å²) in [5.41, 5.74) is 1.32. The van der Waals surface area contributed by atoms with Gasteiger partial charge in [0, 0.05) is 32.2 Å². The third-order valence-electron chi connectivity index (χ3n) is 4.77. The number of piperazine rings is 1. The van der Waals surface area contributed by atoms with Gasteiger partial charge >= 0.3 is 0 Å². The van der Waals surface area contributed by atoms with Crippen LogP contribution in [0.15, 0.2) is 21.1 Å². The maximum absolute atomic E-state index is 9.97. The quantitative estimate of drug-likeness (QED) is 0.778. The van der Waals surface area contributed by atoms with E-state index in [1.807, 2.05) is 0 Å². The highest BCUT2D eigenvalue weighted by molar-refractivity contribution is 9.11. The van der Waals surface area contributed by atoms with Crippen LogP contribution in [0.2, 0.25) is 0 Å². The minimum Gasteiger partial charge on any atom is -0.506 e. The number of hydrogen-bond acceptors (Lipinski definition) is 3. The van der Waals surface area contributed by atoms with Crippen molar-refractivity contribution in [3.8, 4) is 5.75 Å². The molecule has 1 aliphatic heterocycles. The van der Waals surface area contributed by atoms with Crippen LogP contribution in [-0.2, 0) is 0 Å². The van der Waals surface area contributed by atoms with Gasteiger partial charge in [0.1, 0.15) is 5.75 Å². The summed E-state index contributed by atoms with van der Waals surface area (Å²) in [7, 11) is 0. The first-order valence-electron chi connectivity index (χ1n) is 7.79. The minimum absolute atomic E-state index is 0.296. The Labute approximate surface area is 143 Å². The van der Waals surface area contributed by atoms with Gasteiger partial charge in [0.2, 0.25) is 0 Å². The van der Waals surface area contributed by atoms with Crippen LogP contribution in [0.25, 0.3) is 0 Å². The van der Waals surface area contributed by atoms with Crippen molar-refractivity contribution >= 4 is 31.9 Å². The summed E-state index contributed by atoms with van der Waals surface area (Å²) in [6.45, 7) is 4.36. The Balaban J connectivity index is 1.93. The van der Waals surface area contributed by atoms with Crippen molar-refractivity contribution in [3.63, 3.8) is 0 Å². The zero-order chi connectivity index (χ0) is 14.8. The standard InChI is InChI=1S/C16H22Br2N2O/c17-13-9-12(10-14(18)16(13)21)15(11-3-1-2-4-11)20-7-5-19-6-8-20/h9-11,15,19,21H,1-8H2/t15-/m0/s1. The Kier molecular flexibility index (Phi) is 5.25. The summed E-state index contributed by atoms with van der Waals surface area (Å²) in [4.78, 5) is 2.62. The van der Waals surface area contributed by atoms with Crippen LogP contribution in [0.4, 0.5) is 0 Å². The first kappa shape index (κ1) is 15.8. The highest BCUT2D eigenvalue weighted by Crippen LogP contribution is 2.43. The van der Waals surface area contributed by atoms with Crippen molar-refractivity contribution < 1.29 is 5.11 Å². The number of phenols is 1. The van der Waals surface area contributed by atoms with E-state index < -0.39 is 0 Å². The van der Waals surface area contributed by atoms with E-state index in [9.17, 15) is 5.11 Å². The molecule has 1 saturated carbocycles. The molecule has 1 atom stereocenters. The Morgan fingerprint density at radius 2 is 1.67 bits per heavy atom. The lowest BCUT2D eigenvalue weighted by Crippen LogP contribution is -2.46. The number of nitrogens with one attached hydrogen (secondary N) is 1. The summed E-state index contributed by atoms with van der Waals surface area (Å²) in [5, 5.41) is 13.4. The van der Waals surface area contributed by atoms with Gasteiger partial charge in [-0.05, 0) is 68.3 Å². The van der Waals surface area contributed by atoms with Crippen LogP contribution in [0, 0.1) is 5.92 Å². The SMILES string of the molecule is Oc1c(Br)cc([C@H](C2CCCC2)N2CCNCC2)cc1Br. The van der Waals surface area contributed by atoms with Gasteiger partial charge in [-0.1, -0.05) is 12.8 Å². The molecule has 0 radical (unpaired) electrons. The molecule has 0 aromatic heterocycles. The van der Waals surface area contributed by atoms with Gasteiger partial charge in [-0.25, -0.2) is 0 Å². The molecule has 1 aromatic carbocycles. The fourth-order valence-electron chi connectivity index (χ4n) is 3.77. The minimum atomic E-state index is 0.296. The van der Waals surface area contributed by atoms with Crippen LogP contribution in [0.5, 0.6) is 5.75 Å². The van der Waals surface area contributed by atoms with E-state index in [-0.39, 0.29) is 0 Å². The average Bonchev–Trinajstić information content (AvgIpc) is 3.00. The van der Waals surface area contributed by atoms with Crippen LogP contribution in [-0.4, -0.2) is 36.2 Å². The molecule has 0 bridgehead atoms. The monoisotopic (exact) mass is 416 g/mol. The number of aromatic hydroxyl groups is 1. The Morgan fingerprint density at radius 3 is 2.24 bits per heavy atom. The van der Waals surface area contributed by atoms with Crippen LogP contribution in [0.1, 0.15) is 37.3 Å². The molecule has 3 nitrogen and oxygen atoms in total. The molecule has 1 heterocycles. The van der Waals surface area contributed by atoms with Crippen molar-refractivity contribution in [3.05, 3.63) is 26.6 Å². The van der Waals surface area contributed by atoms with Crippen molar-refractivity contribution in [2.45, 2.75) is 31.7 Å². The topological polar surface area (TPSA) is 35.5 Å². The van der Waals surface area contributed by atoms with E-state index in [0.29, 0.717) is 11.8 Å². The van der Waals surface area contributed by atoms with Crippen LogP contribution < -0.4 is 5.32 Å². The molecule has 5 heteroatoms. The molecule has 1 saturated heterocycles. The molecule has 1 aliphatic carbocycles. The van der Waals surface area contributed by atoms with Gasteiger partial charge < -0.3 is 10.4 Å². The molecule has 21 heavy (non-hydrogen) atoms. The molecular weight excluding hydrogens is 396 g/mol. The van der Waals surface area contributed by atoms with Crippen LogP contribution >= 0.6 is 31.9 Å². The summed E-state index contributed by atoms with van der Waals surface area (Å²) in [6.07, 6.45) is 5.36. The van der Waals surface area contributed by atoms with E-state index in [0.717, 1.165) is 41.0 Å². The summed E-state index contributed by atoms with van der Waals surface area (Å²) in [5.74, 6) is 1.04. The lowest BCUT2D eigenvalue weighted by molar-refractivity contribution is 0.125. The fraction of sp³-hybridized carbons (Fsp3) is 0.625. The molecule has 2 fully saturated rings. The molecular formula is C16H22Br2N2O. The average molecular weight is 418 g/mol. The van der Waals surface area contributed by atoms with E-state index in [1.54, 1.807) is 0 Å². The molecule has 2 N–H and O–H groups in total. The largest absolute Gasteiger partial charge is 0.506 e. The normalized spacial score (nSPS) is 22.6. The molecule has 2 aliphatic rings. The first-order valence-corrected chi connectivity index (χ1v) is 9.38. The molecule has 0 amide bonds. The predicted octanol–water partition coefficient (Wildman–Crippen LogP) is 4.05. The number of phenolic OH excluding ortho intramolecular Hbond substituents is 1. The van der Waals surface area contributed by atoms with Gasteiger partial charge in [-0.3, -0.25) is 4.90 Å². The maximum atomic E-state index is 9.97. The second-order valence-corrected chi connectivity index (χ2v) is 7.82. The van der Waals surface area contributed by atoms with E-state index >= 15 is 0 Å². The van der Waals surface area contributed by atoms with E-state index in [2.05, 4.69) is 54.2 Å². The number of nitrogens with zero attached hydrogens (tertiary/aromatic N) is 1. The van der Waals surface area contributed by atoms with E-state index in [4.69, 9.17) is 0 Å². The summed E-state index contributed by atoms with van der Waals surface area (Å²) >= 11 is 6.97. The van der Waals surface area contributed by atoms with Gasteiger partial charge in [0.15, 0.2) is 0 Å². The predicted molar refractivity (Wildman–Crippen MR) is 92.6 cm³/mol. The van der Waals surface area contributed by atoms with Crippen molar-refractivity contribution in [1.82, 2.24) is 10.2 Å². The molecule has 0 unspecified atom stereocenters. The lowest BCUT2D eigenvalue weighted by atomic mass is 9.89. The lowest BCUT2D eigenvalue weighted by Gasteiger charge is -2.39. The van der Waals surface area contributed by atoms with Gasteiger partial charge in [-0.2, -0.15) is 0 Å². The number of hydrogen-bond donors (Lipinski definition) is 2. The number of halogens is 2. The third-order valence-corrected chi connectivity index (χ3v) is 5.98. The smallest absolute Gasteiger partial charge is 0.143 e. The zero-order valence-corrected chi connectivity index (χ0v) is 15.3. The van der Waals surface area contributed by atoms with Gasteiger partial charge in [0.25, 0.3) is 0 Å². The van der Waals surface area contributed by atoms with Crippen LogP contribution in [0.3, 0.4) is 0 Å². The Bertz CT molecular complexity index is 474. The number of rotatable bonds is 3. The molecule has 1 aromatic rings. The summed E-state index contributed by atoms with van der Waals surface area (Å²) < 4.78 is 1.56. The molecule has 116 valence electrons. The Morgan fingerprint density at radius 1 is 1.10 bits per heavy atom. The Hall–Kier alpha value is -0.100. The highest BCUT2D eigenvalue weighted by Gasteiger charge is 2.32. The molecule has 3 rings (SSSR count). The number of benzene rings is 1. The second-order valence-electron chi connectivity index (χ2n) is 6.11. The first-order chi connectivity index (χ1) is 10.2. The fourth-order valence-corrected chi connectivity index (χ4v) is 4.99. The highest BCUT2D eigenvalue weighted by atomic mass is 79.9. The second kappa shape index (κ2) is 6.99. The van der Waals surface area contributed by atoms with Crippen molar-refractivity contribution in [1.29, 1.82) is 0 Å². The molecule has 0 spiro atoms. The summed E-state index contributed by atoms with van der Waals surface area (Å²) in [6, 6.07) is 4.68. The van der Waals surface area contributed by atoms with E-state index in [1.165, 1.54) is 31.2 Å². The maximum Gasteiger partial charge on any atom is 0.143 e. The third kappa shape index (κ3) is 3.46. The van der Waals surface area contributed by atoms with Gasteiger partial charge in [0.05, 0.1) is 8.95 Å². The van der Waals surface area contributed by atoms with Crippen molar-refractivity contribution in [2.24, 2.45) is 5.92 Å². The van der Waals surface area contributed by atoms with Gasteiger partial charge in [-0.15, -0.1) is 0 Å². The van der Waals surface area contributed by atoms with Crippen molar-refractivity contribution in [2.75, 3.05) is 26.2 Å². The zero-order valence-electron chi connectivity index (χ0n) is 12.1.